The summed E-state index contributed by atoms with van der Waals surface area (Å²) in [6.07, 6.45) is 3.84. The summed E-state index contributed by atoms with van der Waals surface area (Å²) in [6, 6.07) is 0.571. The van der Waals surface area contributed by atoms with E-state index in [0.717, 1.165) is 17.6 Å². The summed E-state index contributed by atoms with van der Waals surface area (Å²) in [7, 11) is 0. The molecular weight excluding hydrogens is 204 g/mol. The minimum Gasteiger partial charge on any atom is -0.362 e. The second-order valence-electron chi connectivity index (χ2n) is 4.73. The lowest BCUT2D eigenvalue weighted by atomic mass is 10.1. The van der Waals surface area contributed by atoms with Crippen LogP contribution in [0.4, 0.5) is 0 Å². The van der Waals surface area contributed by atoms with E-state index in [-0.39, 0.29) is 0 Å². The Morgan fingerprint density at radius 1 is 1.47 bits per heavy atom. The van der Waals surface area contributed by atoms with Gasteiger partial charge in [0.15, 0.2) is 5.17 Å². The molecule has 1 N–H and O–H groups in total. The van der Waals surface area contributed by atoms with Gasteiger partial charge in [-0.1, -0.05) is 45.4 Å². The van der Waals surface area contributed by atoms with E-state index in [0.29, 0.717) is 11.3 Å². The van der Waals surface area contributed by atoms with Crippen LogP contribution in [0.1, 0.15) is 47.0 Å². The van der Waals surface area contributed by atoms with Crippen LogP contribution in [-0.2, 0) is 0 Å². The Bertz CT molecular complexity index is 214. The molecule has 2 nitrogen and oxygen atoms in total. The monoisotopic (exact) mass is 228 g/mol. The third-order valence-corrected chi connectivity index (χ3v) is 4.25. The zero-order chi connectivity index (χ0) is 11.3. The van der Waals surface area contributed by atoms with Crippen molar-refractivity contribution >= 4 is 16.9 Å². The average molecular weight is 228 g/mol. The smallest absolute Gasteiger partial charge is 0.157 e. The molecule has 0 aromatic heterocycles. The fourth-order valence-corrected chi connectivity index (χ4v) is 2.74. The molecule has 2 atom stereocenters. The molecule has 0 amide bonds. The highest BCUT2D eigenvalue weighted by atomic mass is 32.2. The molecule has 0 fully saturated rings. The zero-order valence-corrected chi connectivity index (χ0v) is 11.2. The maximum atomic E-state index is 4.55. The predicted molar refractivity (Wildman–Crippen MR) is 70.6 cm³/mol. The normalized spacial score (nSPS) is 23.0. The molecule has 15 heavy (non-hydrogen) atoms. The van der Waals surface area contributed by atoms with Gasteiger partial charge in [-0.3, -0.25) is 4.99 Å². The van der Waals surface area contributed by atoms with E-state index in [9.17, 15) is 0 Å². The molecular formula is C12H24N2S. The molecule has 1 aliphatic rings. The SMILES string of the molecule is CCCCC(C)NC1=NCC(C(C)C)S1. The van der Waals surface area contributed by atoms with Crippen molar-refractivity contribution in [2.75, 3.05) is 6.54 Å². The molecule has 88 valence electrons. The van der Waals surface area contributed by atoms with Crippen LogP contribution in [0.3, 0.4) is 0 Å². The predicted octanol–water partition coefficient (Wildman–Crippen LogP) is 3.28. The molecule has 0 spiro atoms. The number of rotatable bonds is 5. The number of nitrogens with zero attached hydrogens (tertiary/aromatic N) is 1. The maximum absolute atomic E-state index is 4.55. The van der Waals surface area contributed by atoms with Crippen LogP contribution in [0.25, 0.3) is 0 Å². The van der Waals surface area contributed by atoms with E-state index < -0.39 is 0 Å². The molecule has 0 saturated heterocycles. The number of unbranched alkanes of at least 4 members (excludes halogenated alkanes) is 1. The summed E-state index contributed by atoms with van der Waals surface area (Å²) < 4.78 is 0. The molecule has 0 bridgehead atoms. The largest absolute Gasteiger partial charge is 0.362 e. The Labute approximate surface area is 98.3 Å². The Morgan fingerprint density at radius 2 is 2.20 bits per heavy atom. The topological polar surface area (TPSA) is 24.4 Å². The van der Waals surface area contributed by atoms with Crippen molar-refractivity contribution < 1.29 is 0 Å². The molecule has 2 unspecified atom stereocenters. The van der Waals surface area contributed by atoms with E-state index in [4.69, 9.17) is 0 Å². The summed E-state index contributed by atoms with van der Waals surface area (Å²) in [5.41, 5.74) is 0. The molecule has 0 saturated carbocycles. The van der Waals surface area contributed by atoms with E-state index in [2.05, 4.69) is 38.0 Å². The summed E-state index contributed by atoms with van der Waals surface area (Å²) in [5, 5.41) is 5.36. The van der Waals surface area contributed by atoms with Gasteiger partial charge in [-0.2, -0.15) is 0 Å². The van der Waals surface area contributed by atoms with Crippen LogP contribution < -0.4 is 5.32 Å². The molecule has 0 aliphatic carbocycles. The molecule has 3 heteroatoms. The highest BCUT2D eigenvalue weighted by Gasteiger charge is 2.22. The second kappa shape index (κ2) is 6.41. The Hall–Kier alpha value is -0.180. The van der Waals surface area contributed by atoms with Crippen LogP contribution in [0, 0.1) is 5.92 Å². The first kappa shape index (κ1) is 12.9. The maximum Gasteiger partial charge on any atom is 0.157 e. The number of nitrogens with one attached hydrogen (secondary N) is 1. The van der Waals surface area contributed by atoms with Gasteiger partial charge in [0.25, 0.3) is 0 Å². The number of hydrogen-bond acceptors (Lipinski definition) is 3. The minimum atomic E-state index is 0.571. The molecule has 0 radical (unpaired) electrons. The number of hydrogen-bond donors (Lipinski definition) is 1. The molecule has 0 aromatic rings. The van der Waals surface area contributed by atoms with Gasteiger partial charge in [0.05, 0.1) is 6.54 Å². The van der Waals surface area contributed by atoms with Crippen LogP contribution in [0.15, 0.2) is 4.99 Å². The van der Waals surface area contributed by atoms with Crippen molar-refractivity contribution in [3.63, 3.8) is 0 Å². The van der Waals surface area contributed by atoms with Crippen molar-refractivity contribution in [1.82, 2.24) is 5.32 Å². The fourth-order valence-electron chi connectivity index (χ4n) is 1.61. The lowest BCUT2D eigenvalue weighted by Gasteiger charge is -2.16. The number of amidine groups is 1. The molecule has 1 aliphatic heterocycles. The summed E-state index contributed by atoms with van der Waals surface area (Å²) >= 11 is 1.92. The zero-order valence-electron chi connectivity index (χ0n) is 10.4. The van der Waals surface area contributed by atoms with Gasteiger partial charge in [0, 0.05) is 11.3 Å². The Morgan fingerprint density at radius 3 is 2.73 bits per heavy atom. The van der Waals surface area contributed by atoms with E-state index >= 15 is 0 Å². The van der Waals surface area contributed by atoms with E-state index in [1.54, 1.807) is 0 Å². The molecule has 1 heterocycles. The van der Waals surface area contributed by atoms with Crippen LogP contribution in [0.5, 0.6) is 0 Å². The van der Waals surface area contributed by atoms with Crippen molar-refractivity contribution in [2.45, 2.75) is 58.2 Å². The third-order valence-electron chi connectivity index (χ3n) is 2.78. The van der Waals surface area contributed by atoms with Crippen LogP contribution in [-0.4, -0.2) is 23.0 Å². The highest BCUT2D eigenvalue weighted by Crippen LogP contribution is 2.26. The van der Waals surface area contributed by atoms with Crippen molar-refractivity contribution in [1.29, 1.82) is 0 Å². The lowest BCUT2D eigenvalue weighted by Crippen LogP contribution is -2.30. The van der Waals surface area contributed by atoms with E-state index in [1.165, 1.54) is 19.3 Å². The van der Waals surface area contributed by atoms with Crippen molar-refractivity contribution in [2.24, 2.45) is 10.9 Å². The lowest BCUT2D eigenvalue weighted by molar-refractivity contribution is 0.573. The molecule has 0 aromatic carbocycles. The van der Waals surface area contributed by atoms with Gasteiger partial charge < -0.3 is 5.32 Å². The van der Waals surface area contributed by atoms with E-state index in [1.807, 2.05) is 11.8 Å². The summed E-state index contributed by atoms with van der Waals surface area (Å²) in [5.74, 6) is 0.726. The van der Waals surface area contributed by atoms with Gasteiger partial charge >= 0.3 is 0 Å². The minimum absolute atomic E-state index is 0.571. The number of thioether (sulfide) groups is 1. The Kier molecular flexibility index (Phi) is 5.51. The van der Waals surface area contributed by atoms with Gasteiger partial charge in [-0.05, 0) is 19.3 Å². The highest BCUT2D eigenvalue weighted by molar-refractivity contribution is 8.14. The van der Waals surface area contributed by atoms with Gasteiger partial charge in [0.2, 0.25) is 0 Å². The van der Waals surface area contributed by atoms with Crippen molar-refractivity contribution in [3.8, 4) is 0 Å². The Balaban J connectivity index is 2.23. The van der Waals surface area contributed by atoms with Crippen LogP contribution >= 0.6 is 11.8 Å². The first-order valence-electron chi connectivity index (χ1n) is 6.11. The average Bonchev–Trinajstić information content (AvgIpc) is 2.63. The quantitative estimate of drug-likeness (QED) is 0.781. The number of aliphatic imine (C=N–C) groups is 1. The molecule has 1 rings (SSSR count). The summed E-state index contributed by atoms with van der Waals surface area (Å²) in [6.45, 7) is 10.0. The summed E-state index contributed by atoms with van der Waals surface area (Å²) in [4.78, 5) is 4.55. The standard InChI is InChI=1S/C12H24N2S/c1-5-6-7-10(4)14-12-13-8-11(15-12)9(2)3/h9-11H,5-8H2,1-4H3,(H,13,14). The van der Waals surface area contributed by atoms with Gasteiger partial charge in [-0.25, -0.2) is 0 Å². The third kappa shape index (κ3) is 4.45. The van der Waals surface area contributed by atoms with Crippen molar-refractivity contribution in [3.05, 3.63) is 0 Å². The first-order chi connectivity index (χ1) is 7.13. The van der Waals surface area contributed by atoms with Crippen LogP contribution in [0.2, 0.25) is 0 Å². The fraction of sp³-hybridized carbons (Fsp3) is 0.917. The van der Waals surface area contributed by atoms with Gasteiger partial charge in [-0.15, -0.1) is 0 Å². The second-order valence-corrected chi connectivity index (χ2v) is 5.96. The first-order valence-corrected chi connectivity index (χ1v) is 6.99. The van der Waals surface area contributed by atoms with Gasteiger partial charge in [0.1, 0.15) is 0 Å².